The summed E-state index contributed by atoms with van der Waals surface area (Å²) < 4.78 is 1.82. The van der Waals surface area contributed by atoms with Crippen molar-refractivity contribution in [3.63, 3.8) is 0 Å². The van der Waals surface area contributed by atoms with Gasteiger partial charge in [0.05, 0.1) is 5.52 Å². The zero-order valence-electron chi connectivity index (χ0n) is 14.2. The molecule has 0 spiro atoms. The van der Waals surface area contributed by atoms with Crippen LogP contribution in [0.5, 0.6) is 0 Å². The largest absolute Gasteiger partial charge is 0.334 e. The van der Waals surface area contributed by atoms with Crippen molar-refractivity contribution in [2.75, 3.05) is 6.54 Å². The third-order valence-electron chi connectivity index (χ3n) is 6.19. The molecule has 2 fully saturated rings. The summed E-state index contributed by atoms with van der Waals surface area (Å²) in [4.78, 5) is 15.3. The van der Waals surface area contributed by atoms with Crippen LogP contribution in [0.15, 0.2) is 24.3 Å². The van der Waals surface area contributed by atoms with Gasteiger partial charge in [0, 0.05) is 25.0 Å². The molecular formula is C19H25N3O. The predicted molar refractivity (Wildman–Crippen MR) is 91.2 cm³/mol. The molecule has 0 radical (unpaired) electrons. The Balaban J connectivity index is 1.69. The highest BCUT2D eigenvalue weighted by Crippen LogP contribution is 2.44. The molecule has 4 atom stereocenters. The van der Waals surface area contributed by atoms with Crippen LogP contribution in [-0.4, -0.2) is 33.2 Å². The van der Waals surface area contributed by atoms with Gasteiger partial charge in [-0.05, 0) is 36.7 Å². The lowest BCUT2D eigenvalue weighted by atomic mass is 9.74. The van der Waals surface area contributed by atoms with Crippen LogP contribution in [0.4, 0.5) is 0 Å². The molecule has 2 bridgehead atoms. The molecule has 2 heterocycles. The number of likely N-dealkylation sites (tertiary alicyclic amines) is 1. The van der Waals surface area contributed by atoms with Gasteiger partial charge in [-0.15, -0.1) is 0 Å². The van der Waals surface area contributed by atoms with Gasteiger partial charge in [0.2, 0.25) is 0 Å². The Morgan fingerprint density at radius 3 is 2.87 bits per heavy atom. The molecule has 1 saturated carbocycles. The second-order valence-corrected chi connectivity index (χ2v) is 7.38. The van der Waals surface area contributed by atoms with Gasteiger partial charge in [0.15, 0.2) is 5.69 Å². The van der Waals surface area contributed by atoms with E-state index in [2.05, 4.69) is 23.8 Å². The number of rotatable bonds is 2. The smallest absolute Gasteiger partial charge is 0.275 e. The molecule has 1 saturated heterocycles. The van der Waals surface area contributed by atoms with Gasteiger partial charge in [0.1, 0.15) is 0 Å². The Bertz CT molecular complexity index is 750. The Morgan fingerprint density at radius 2 is 2.09 bits per heavy atom. The summed E-state index contributed by atoms with van der Waals surface area (Å²) in [5.41, 5.74) is 1.65. The number of aromatic nitrogens is 2. The number of carbonyl (C=O) groups excluding carboxylic acids is 1. The van der Waals surface area contributed by atoms with Gasteiger partial charge >= 0.3 is 0 Å². The third kappa shape index (κ3) is 2.19. The molecular weight excluding hydrogens is 286 g/mol. The fourth-order valence-electron chi connectivity index (χ4n) is 4.72. The van der Waals surface area contributed by atoms with Gasteiger partial charge in [-0.1, -0.05) is 38.5 Å². The van der Waals surface area contributed by atoms with E-state index in [1.807, 2.05) is 36.0 Å². The summed E-state index contributed by atoms with van der Waals surface area (Å²) in [6, 6.07) is 8.41. The molecule has 1 unspecified atom stereocenters. The first-order valence-electron chi connectivity index (χ1n) is 8.82. The summed E-state index contributed by atoms with van der Waals surface area (Å²) in [7, 11) is 1.91. The van der Waals surface area contributed by atoms with E-state index in [0.717, 1.165) is 29.8 Å². The van der Waals surface area contributed by atoms with Gasteiger partial charge in [-0.3, -0.25) is 9.48 Å². The first-order valence-corrected chi connectivity index (χ1v) is 8.82. The van der Waals surface area contributed by atoms with E-state index in [9.17, 15) is 4.79 Å². The van der Waals surface area contributed by atoms with E-state index < -0.39 is 0 Å². The number of hydrogen-bond donors (Lipinski definition) is 0. The minimum absolute atomic E-state index is 0.123. The Hall–Kier alpha value is -1.84. The number of fused-ring (bicyclic) bond motifs is 3. The van der Waals surface area contributed by atoms with Crippen LogP contribution in [0.25, 0.3) is 10.9 Å². The van der Waals surface area contributed by atoms with Crippen molar-refractivity contribution in [1.82, 2.24) is 14.7 Å². The SMILES string of the molecule is CCC1C[C@@H]2CN(C(=O)c3nn(C)c4ccccc34)[C@H](C1)[C@@H]2C. The summed E-state index contributed by atoms with van der Waals surface area (Å²) in [6.07, 6.45) is 3.67. The number of benzene rings is 1. The standard InChI is InChI=1S/C19H25N3O/c1-4-13-9-14-11-22(17(10-13)12(14)2)19(23)18-15-7-5-6-8-16(15)21(3)20-18/h5-8,12-14,17H,4,9-11H2,1-3H3/t12-,13?,14-,17-/m1/s1. The van der Waals surface area contributed by atoms with E-state index >= 15 is 0 Å². The average Bonchev–Trinajstić information content (AvgIpc) is 2.97. The van der Waals surface area contributed by atoms with Gasteiger partial charge in [-0.2, -0.15) is 5.10 Å². The number of hydrogen-bond acceptors (Lipinski definition) is 2. The number of para-hydroxylation sites is 1. The van der Waals surface area contributed by atoms with Crippen LogP contribution in [0.1, 0.15) is 43.6 Å². The molecule has 1 aromatic heterocycles. The van der Waals surface area contributed by atoms with E-state index in [1.165, 1.54) is 12.8 Å². The Kier molecular flexibility index (Phi) is 3.43. The highest BCUT2D eigenvalue weighted by Gasteiger charge is 2.46. The maximum absolute atomic E-state index is 13.2. The molecule has 1 amide bonds. The molecule has 2 aliphatic rings. The molecule has 23 heavy (non-hydrogen) atoms. The zero-order chi connectivity index (χ0) is 16.1. The molecule has 1 aromatic carbocycles. The van der Waals surface area contributed by atoms with Crippen LogP contribution < -0.4 is 0 Å². The maximum Gasteiger partial charge on any atom is 0.275 e. The molecule has 0 N–H and O–H groups in total. The summed E-state index contributed by atoms with van der Waals surface area (Å²) >= 11 is 0. The van der Waals surface area contributed by atoms with Gasteiger partial charge in [-0.25, -0.2) is 0 Å². The zero-order valence-corrected chi connectivity index (χ0v) is 14.2. The minimum atomic E-state index is 0.123. The molecule has 4 heteroatoms. The normalized spacial score (nSPS) is 30.1. The molecule has 122 valence electrons. The third-order valence-corrected chi connectivity index (χ3v) is 6.19. The van der Waals surface area contributed by atoms with Crippen LogP contribution in [-0.2, 0) is 7.05 Å². The van der Waals surface area contributed by atoms with Crippen molar-refractivity contribution >= 4 is 16.8 Å². The van der Waals surface area contributed by atoms with Crippen molar-refractivity contribution in [1.29, 1.82) is 0 Å². The fraction of sp³-hybridized carbons (Fsp3) is 0.579. The minimum Gasteiger partial charge on any atom is -0.334 e. The van der Waals surface area contributed by atoms with Crippen molar-refractivity contribution in [3.05, 3.63) is 30.0 Å². The second kappa shape index (κ2) is 5.36. The van der Waals surface area contributed by atoms with Crippen LogP contribution in [0.3, 0.4) is 0 Å². The van der Waals surface area contributed by atoms with Crippen LogP contribution in [0, 0.1) is 17.8 Å². The summed E-state index contributed by atoms with van der Waals surface area (Å²) in [6.45, 7) is 5.51. The molecule has 4 nitrogen and oxygen atoms in total. The quantitative estimate of drug-likeness (QED) is 0.852. The van der Waals surface area contributed by atoms with E-state index in [4.69, 9.17) is 0 Å². The topological polar surface area (TPSA) is 38.1 Å². The second-order valence-electron chi connectivity index (χ2n) is 7.38. The number of aryl methyl sites for hydroxylation is 1. The van der Waals surface area contributed by atoms with Crippen LogP contribution >= 0.6 is 0 Å². The van der Waals surface area contributed by atoms with Gasteiger partial charge in [0.25, 0.3) is 5.91 Å². The number of carbonyl (C=O) groups is 1. The summed E-state index contributed by atoms with van der Waals surface area (Å²) in [5.74, 6) is 2.19. The number of nitrogens with zero attached hydrogens (tertiary/aromatic N) is 3. The lowest BCUT2D eigenvalue weighted by molar-refractivity contribution is 0.0693. The average molecular weight is 311 g/mol. The Labute approximate surface area is 137 Å². The van der Waals surface area contributed by atoms with E-state index in [-0.39, 0.29) is 5.91 Å². The molecule has 4 rings (SSSR count). The lowest BCUT2D eigenvalue weighted by Gasteiger charge is -2.33. The highest BCUT2D eigenvalue weighted by atomic mass is 16.2. The van der Waals surface area contributed by atoms with Crippen molar-refractivity contribution < 1.29 is 4.79 Å². The monoisotopic (exact) mass is 311 g/mol. The van der Waals surface area contributed by atoms with Crippen molar-refractivity contribution in [2.24, 2.45) is 24.8 Å². The fourth-order valence-corrected chi connectivity index (χ4v) is 4.72. The maximum atomic E-state index is 13.2. The molecule has 1 aliphatic carbocycles. The number of amides is 1. The Morgan fingerprint density at radius 1 is 1.30 bits per heavy atom. The van der Waals surface area contributed by atoms with Crippen molar-refractivity contribution in [3.8, 4) is 0 Å². The first-order chi connectivity index (χ1) is 11.1. The molecule has 2 aromatic rings. The highest BCUT2D eigenvalue weighted by molar-refractivity contribution is 6.05. The first kappa shape index (κ1) is 14.7. The van der Waals surface area contributed by atoms with Crippen molar-refractivity contribution in [2.45, 2.75) is 39.2 Å². The van der Waals surface area contributed by atoms with Gasteiger partial charge < -0.3 is 4.90 Å². The molecule has 1 aliphatic heterocycles. The lowest BCUT2D eigenvalue weighted by Crippen LogP contribution is -2.39. The predicted octanol–water partition coefficient (Wildman–Crippen LogP) is 3.47. The van der Waals surface area contributed by atoms with Crippen LogP contribution in [0.2, 0.25) is 0 Å². The van der Waals surface area contributed by atoms with E-state index in [0.29, 0.717) is 23.6 Å². The van der Waals surface area contributed by atoms with E-state index in [1.54, 1.807) is 0 Å². The summed E-state index contributed by atoms with van der Waals surface area (Å²) in [5, 5.41) is 5.51.